The molecule has 0 saturated carbocycles. The summed E-state index contributed by atoms with van der Waals surface area (Å²) in [4.78, 5) is 21.1. The Morgan fingerprint density at radius 3 is 2.79 bits per heavy atom. The van der Waals surface area contributed by atoms with Crippen LogP contribution in [0.5, 0.6) is 0 Å². The first kappa shape index (κ1) is 15.5. The molecule has 0 spiro atoms. The SMILES string of the molecule is CC=C1CN(C)C[C@H]2Cc3c(n(OC)c4ccccc34)C(=O)C[C@@H]12. The number of Topliss-reactive ketones (excluding diaryl/α,β-unsaturated/α-hetero) is 1. The van der Waals surface area contributed by atoms with Gasteiger partial charge in [0.15, 0.2) is 5.78 Å². The Bertz CT molecular complexity index is 834. The minimum absolute atomic E-state index is 0.208. The number of benzene rings is 1. The first-order valence-corrected chi connectivity index (χ1v) is 8.67. The summed E-state index contributed by atoms with van der Waals surface area (Å²) in [5, 5.41) is 1.15. The van der Waals surface area contributed by atoms with Crippen molar-refractivity contribution >= 4 is 16.7 Å². The molecule has 4 nitrogen and oxygen atoms in total. The molecule has 1 fully saturated rings. The maximum absolute atomic E-state index is 13.1. The third-order valence-electron chi connectivity index (χ3n) is 5.67. The molecule has 0 radical (unpaired) electrons. The van der Waals surface area contributed by atoms with Crippen LogP contribution in [-0.2, 0) is 6.42 Å². The number of hydrogen-bond acceptors (Lipinski definition) is 3. The van der Waals surface area contributed by atoms with Crippen molar-refractivity contribution in [1.29, 1.82) is 0 Å². The molecule has 2 aliphatic rings. The van der Waals surface area contributed by atoms with E-state index < -0.39 is 0 Å². The molecule has 1 aromatic heterocycles. The minimum atomic E-state index is 0.208. The standard InChI is InChI=1S/C20H24N2O2/c1-4-13-11-21(2)12-14-9-17-15-7-5-6-8-18(15)22(24-3)20(17)19(23)10-16(13)14/h4-8,14,16H,9-12H2,1-3H3/t14-,16+/m1/s1. The van der Waals surface area contributed by atoms with Crippen molar-refractivity contribution in [3.8, 4) is 0 Å². The van der Waals surface area contributed by atoms with Gasteiger partial charge in [0, 0.05) is 24.9 Å². The number of para-hydroxylation sites is 1. The maximum Gasteiger partial charge on any atom is 0.183 e. The topological polar surface area (TPSA) is 34.5 Å². The summed E-state index contributed by atoms with van der Waals surface area (Å²) in [6, 6.07) is 8.18. The second-order valence-electron chi connectivity index (χ2n) is 7.08. The van der Waals surface area contributed by atoms with Crippen LogP contribution < -0.4 is 4.84 Å². The van der Waals surface area contributed by atoms with Crippen molar-refractivity contribution in [2.24, 2.45) is 11.8 Å². The molecule has 0 unspecified atom stereocenters. The predicted octanol–water partition coefficient (Wildman–Crippen LogP) is 2.95. The normalized spacial score (nSPS) is 26.3. The lowest BCUT2D eigenvalue weighted by molar-refractivity contribution is 0.0895. The second kappa shape index (κ2) is 5.78. The number of hydrogen-bond donors (Lipinski definition) is 0. The van der Waals surface area contributed by atoms with Crippen LogP contribution in [0, 0.1) is 11.8 Å². The molecule has 0 amide bonds. The van der Waals surface area contributed by atoms with E-state index in [1.807, 2.05) is 18.2 Å². The molecular formula is C20H24N2O2. The first-order chi connectivity index (χ1) is 11.6. The molecule has 0 N–H and O–H groups in total. The van der Waals surface area contributed by atoms with Gasteiger partial charge in [0.05, 0.1) is 5.52 Å². The van der Waals surface area contributed by atoms with Crippen LogP contribution >= 0.6 is 0 Å². The molecule has 24 heavy (non-hydrogen) atoms. The lowest BCUT2D eigenvalue weighted by atomic mass is 9.78. The molecule has 4 heteroatoms. The number of fused-ring (bicyclic) bond motifs is 4. The van der Waals surface area contributed by atoms with Crippen LogP contribution in [0.1, 0.15) is 29.4 Å². The van der Waals surface area contributed by atoms with Crippen molar-refractivity contribution in [2.75, 3.05) is 27.2 Å². The average molecular weight is 324 g/mol. The zero-order valence-corrected chi connectivity index (χ0v) is 14.6. The summed E-state index contributed by atoms with van der Waals surface area (Å²) < 4.78 is 1.74. The Morgan fingerprint density at radius 1 is 1.25 bits per heavy atom. The number of carbonyl (C=O) groups excluding carboxylic acids is 1. The van der Waals surface area contributed by atoms with Gasteiger partial charge < -0.3 is 9.74 Å². The van der Waals surface area contributed by atoms with Crippen molar-refractivity contribution in [3.05, 3.63) is 47.2 Å². The van der Waals surface area contributed by atoms with Crippen LogP contribution in [0.25, 0.3) is 10.9 Å². The third-order valence-corrected chi connectivity index (χ3v) is 5.67. The smallest absolute Gasteiger partial charge is 0.183 e. The van der Waals surface area contributed by atoms with E-state index in [0.29, 0.717) is 18.3 Å². The van der Waals surface area contributed by atoms with E-state index in [9.17, 15) is 4.79 Å². The van der Waals surface area contributed by atoms with Crippen molar-refractivity contribution in [2.45, 2.75) is 19.8 Å². The van der Waals surface area contributed by atoms with E-state index in [4.69, 9.17) is 4.84 Å². The Balaban J connectivity index is 1.89. The van der Waals surface area contributed by atoms with E-state index in [-0.39, 0.29) is 5.78 Å². The Morgan fingerprint density at radius 2 is 2.04 bits per heavy atom. The minimum Gasteiger partial charge on any atom is -0.416 e. The van der Waals surface area contributed by atoms with Gasteiger partial charge in [-0.25, -0.2) is 0 Å². The summed E-state index contributed by atoms with van der Waals surface area (Å²) in [5.74, 6) is 1.05. The molecule has 1 aliphatic heterocycles. The summed E-state index contributed by atoms with van der Waals surface area (Å²) in [6.45, 7) is 4.11. The molecule has 1 aliphatic carbocycles. The predicted molar refractivity (Wildman–Crippen MR) is 95.3 cm³/mol. The quantitative estimate of drug-likeness (QED) is 0.757. The van der Waals surface area contributed by atoms with Crippen molar-refractivity contribution < 1.29 is 9.63 Å². The first-order valence-electron chi connectivity index (χ1n) is 8.67. The number of carbonyl (C=O) groups is 1. The fourth-order valence-electron chi connectivity index (χ4n) is 4.65. The van der Waals surface area contributed by atoms with E-state index >= 15 is 0 Å². The summed E-state index contributed by atoms with van der Waals surface area (Å²) in [6.07, 6.45) is 3.73. The lowest BCUT2D eigenvalue weighted by Gasteiger charge is -2.38. The van der Waals surface area contributed by atoms with Gasteiger partial charge >= 0.3 is 0 Å². The molecule has 2 atom stereocenters. The maximum atomic E-state index is 13.1. The number of aromatic nitrogens is 1. The van der Waals surface area contributed by atoms with Gasteiger partial charge in [-0.05, 0) is 43.9 Å². The summed E-state index contributed by atoms with van der Waals surface area (Å²) in [5.41, 5.74) is 4.31. The van der Waals surface area contributed by atoms with Gasteiger partial charge in [-0.1, -0.05) is 29.8 Å². The molecule has 1 saturated heterocycles. The van der Waals surface area contributed by atoms with Gasteiger partial charge in [0.25, 0.3) is 0 Å². The fourth-order valence-corrected chi connectivity index (χ4v) is 4.65. The number of allylic oxidation sites excluding steroid dienone is 1. The fraction of sp³-hybridized carbons (Fsp3) is 0.450. The highest BCUT2D eigenvalue weighted by molar-refractivity contribution is 6.03. The van der Waals surface area contributed by atoms with E-state index in [1.165, 1.54) is 5.57 Å². The summed E-state index contributed by atoms with van der Waals surface area (Å²) >= 11 is 0. The van der Waals surface area contributed by atoms with Crippen LogP contribution in [0.2, 0.25) is 0 Å². The molecule has 2 aromatic rings. The van der Waals surface area contributed by atoms with E-state index in [1.54, 1.807) is 11.8 Å². The van der Waals surface area contributed by atoms with Crippen LogP contribution in [0.15, 0.2) is 35.9 Å². The molecule has 1 aromatic carbocycles. The molecule has 126 valence electrons. The zero-order chi connectivity index (χ0) is 16.8. The Kier molecular flexibility index (Phi) is 3.72. The monoisotopic (exact) mass is 324 g/mol. The summed E-state index contributed by atoms with van der Waals surface area (Å²) in [7, 11) is 3.81. The van der Waals surface area contributed by atoms with Gasteiger partial charge in [0.2, 0.25) is 0 Å². The average Bonchev–Trinajstić information content (AvgIpc) is 2.82. The number of ketones is 1. The Hall–Kier alpha value is -2.07. The van der Waals surface area contributed by atoms with E-state index in [2.05, 4.69) is 31.0 Å². The largest absolute Gasteiger partial charge is 0.416 e. The van der Waals surface area contributed by atoms with Crippen molar-refractivity contribution in [1.82, 2.24) is 9.63 Å². The highest BCUT2D eigenvalue weighted by Crippen LogP contribution is 2.40. The second-order valence-corrected chi connectivity index (χ2v) is 7.08. The molecule has 0 bridgehead atoms. The number of rotatable bonds is 1. The van der Waals surface area contributed by atoms with Crippen LogP contribution in [0.3, 0.4) is 0 Å². The number of likely N-dealkylation sites (tertiary alicyclic amines) is 1. The number of piperidine rings is 1. The number of nitrogens with zero attached hydrogens (tertiary/aromatic N) is 2. The number of likely N-dealkylation sites (N-methyl/N-ethyl adjacent to an activating group) is 1. The highest BCUT2D eigenvalue weighted by Gasteiger charge is 2.39. The highest BCUT2D eigenvalue weighted by atomic mass is 16.6. The van der Waals surface area contributed by atoms with Crippen molar-refractivity contribution in [3.63, 3.8) is 0 Å². The molecule has 2 heterocycles. The zero-order valence-electron chi connectivity index (χ0n) is 14.6. The third kappa shape index (κ3) is 2.20. The van der Waals surface area contributed by atoms with Crippen LogP contribution in [-0.4, -0.2) is 42.7 Å². The Labute approximate surface area is 142 Å². The van der Waals surface area contributed by atoms with Gasteiger partial charge in [-0.3, -0.25) is 4.79 Å². The van der Waals surface area contributed by atoms with Gasteiger partial charge in [0.1, 0.15) is 12.8 Å². The molecular weight excluding hydrogens is 300 g/mol. The lowest BCUT2D eigenvalue weighted by Crippen LogP contribution is -2.40. The van der Waals surface area contributed by atoms with Gasteiger partial charge in [-0.2, -0.15) is 4.73 Å². The van der Waals surface area contributed by atoms with Crippen LogP contribution in [0.4, 0.5) is 0 Å². The van der Waals surface area contributed by atoms with Gasteiger partial charge in [-0.15, -0.1) is 0 Å². The molecule has 4 rings (SSSR count). The van der Waals surface area contributed by atoms with E-state index in [0.717, 1.165) is 41.7 Å².